The first-order valence-corrected chi connectivity index (χ1v) is 6.79. The van der Waals surface area contributed by atoms with Crippen LogP contribution in [0.1, 0.15) is 34.8 Å². The molecule has 1 N–H and O–H groups in total. The van der Waals surface area contributed by atoms with E-state index < -0.39 is 12.0 Å². The number of carbonyl (C=O) groups is 2. The number of carbonyl (C=O) groups excluding carboxylic acids is 2. The molecule has 0 fully saturated rings. The third-order valence-electron chi connectivity index (χ3n) is 3.46. The molecular formula is C14H19N5O3. The molecule has 0 bridgehead atoms. The maximum Gasteiger partial charge on any atom is 0.358 e. The number of amides is 1. The summed E-state index contributed by atoms with van der Waals surface area (Å²) in [6, 6.07) is 1.30. The molecule has 22 heavy (non-hydrogen) atoms. The van der Waals surface area contributed by atoms with Crippen LogP contribution in [-0.4, -0.2) is 38.5 Å². The van der Waals surface area contributed by atoms with Gasteiger partial charge in [-0.3, -0.25) is 14.2 Å². The standard InChI is InChI=1S/C14H19N5O3/c1-8-6-7-15-19(8)10(3)13(20)16-11-9(2)17-18(4)12(11)14(21)22-5/h6-7,10H,1-5H3,(H,16,20). The fraction of sp³-hybridized carbons (Fsp3) is 0.429. The molecule has 1 unspecified atom stereocenters. The monoisotopic (exact) mass is 305 g/mol. The van der Waals surface area contributed by atoms with Crippen molar-refractivity contribution in [2.75, 3.05) is 12.4 Å². The van der Waals surface area contributed by atoms with Crippen LogP contribution in [0.2, 0.25) is 0 Å². The van der Waals surface area contributed by atoms with Gasteiger partial charge in [0, 0.05) is 18.9 Å². The number of nitrogens with one attached hydrogen (secondary N) is 1. The van der Waals surface area contributed by atoms with Gasteiger partial charge >= 0.3 is 5.97 Å². The number of hydrogen-bond donors (Lipinski definition) is 1. The van der Waals surface area contributed by atoms with Crippen molar-refractivity contribution in [1.82, 2.24) is 19.6 Å². The van der Waals surface area contributed by atoms with E-state index in [0.29, 0.717) is 11.4 Å². The van der Waals surface area contributed by atoms with Crippen molar-refractivity contribution in [3.05, 3.63) is 29.3 Å². The number of methoxy groups -OCH3 is 1. The summed E-state index contributed by atoms with van der Waals surface area (Å²) in [6.07, 6.45) is 1.63. The Labute approximate surface area is 128 Å². The van der Waals surface area contributed by atoms with Crippen LogP contribution in [0.5, 0.6) is 0 Å². The average Bonchev–Trinajstić information content (AvgIpc) is 3.01. The SMILES string of the molecule is COC(=O)c1c(NC(=O)C(C)n2nccc2C)c(C)nn1C. The molecule has 2 aromatic heterocycles. The highest BCUT2D eigenvalue weighted by Crippen LogP contribution is 2.22. The van der Waals surface area contributed by atoms with Gasteiger partial charge in [-0.1, -0.05) is 0 Å². The first-order chi connectivity index (χ1) is 10.4. The van der Waals surface area contributed by atoms with E-state index in [1.165, 1.54) is 11.8 Å². The molecular weight excluding hydrogens is 286 g/mol. The highest BCUT2D eigenvalue weighted by atomic mass is 16.5. The van der Waals surface area contributed by atoms with Crippen LogP contribution in [0.3, 0.4) is 0 Å². The van der Waals surface area contributed by atoms with Crippen LogP contribution in [0.15, 0.2) is 12.3 Å². The average molecular weight is 305 g/mol. The summed E-state index contributed by atoms with van der Waals surface area (Å²) < 4.78 is 7.74. The molecule has 0 aromatic carbocycles. The first kappa shape index (κ1) is 15.7. The summed E-state index contributed by atoms with van der Waals surface area (Å²) in [5.41, 5.74) is 1.98. The van der Waals surface area contributed by atoms with Crippen LogP contribution >= 0.6 is 0 Å². The van der Waals surface area contributed by atoms with Crippen molar-refractivity contribution in [2.45, 2.75) is 26.8 Å². The smallest absolute Gasteiger partial charge is 0.358 e. The number of ether oxygens (including phenoxy) is 1. The number of anilines is 1. The van der Waals surface area contributed by atoms with Gasteiger partial charge in [-0.15, -0.1) is 0 Å². The van der Waals surface area contributed by atoms with E-state index in [4.69, 9.17) is 4.74 Å². The predicted molar refractivity (Wildman–Crippen MR) is 79.6 cm³/mol. The minimum atomic E-state index is -0.554. The van der Waals surface area contributed by atoms with Crippen LogP contribution in [-0.2, 0) is 16.6 Å². The quantitative estimate of drug-likeness (QED) is 0.858. The molecule has 2 heterocycles. The van der Waals surface area contributed by atoms with Crippen LogP contribution in [0.4, 0.5) is 5.69 Å². The Morgan fingerprint density at radius 3 is 2.59 bits per heavy atom. The molecule has 1 amide bonds. The fourth-order valence-corrected chi connectivity index (χ4v) is 2.26. The summed E-state index contributed by atoms with van der Waals surface area (Å²) in [5.74, 6) is -0.839. The lowest BCUT2D eigenvalue weighted by atomic mass is 10.2. The second-order valence-corrected chi connectivity index (χ2v) is 5.01. The lowest BCUT2D eigenvalue weighted by Gasteiger charge is -2.14. The molecule has 0 radical (unpaired) electrons. The number of aromatic nitrogens is 4. The van der Waals surface area contributed by atoms with Gasteiger partial charge in [-0.05, 0) is 26.8 Å². The van der Waals surface area contributed by atoms with Gasteiger partial charge in [0.1, 0.15) is 6.04 Å². The normalized spacial score (nSPS) is 12.0. The molecule has 8 heteroatoms. The third kappa shape index (κ3) is 2.72. The number of esters is 1. The van der Waals surface area contributed by atoms with E-state index in [0.717, 1.165) is 5.69 Å². The fourth-order valence-electron chi connectivity index (χ4n) is 2.26. The van der Waals surface area contributed by atoms with E-state index in [-0.39, 0.29) is 11.6 Å². The first-order valence-electron chi connectivity index (χ1n) is 6.79. The zero-order valence-electron chi connectivity index (χ0n) is 13.2. The number of aryl methyl sites for hydroxylation is 3. The van der Waals surface area contributed by atoms with Crippen LogP contribution in [0, 0.1) is 13.8 Å². The van der Waals surface area contributed by atoms with Crippen molar-refractivity contribution >= 4 is 17.6 Å². The summed E-state index contributed by atoms with van der Waals surface area (Å²) in [5, 5.41) is 11.0. The lowest BCUT2D eigenvalue weighted by molar-refractivity contribution is -0.119. The summed E-state index contributed by atoms with van der Waals surface area (Å²) in [7, 11) is 2.90. The molecule has 0 aliphatic heterocycles. The molecule has 0 spiro atoms. The topological polar surface area (TPSA) is 91.0 Å². The van der Waals surface area contributed by atoms with Crippen LogP contribution in [0.25, 0.3) is 0 Å². The number of hydrogen-bond acceptors (Lipinski definition) is 5. The molecule has 0 saturated carbocycles. The Hall–Kier alpha value is -2.64. The Kier molecular flexibility index (Phi) is 4.30. The largest absolute Gasteiger partial charge is 0.464 e. The van der Waals surface area contributed by atoms with E-state index in [9.17, 15) is 9.59 Å². The maximum atomic E-state index is 12.4. The third-order valence-corrected chi connectivity index (χ3v) is 3.46. The van der Waals surface area contributed by atoms with Gasteiger partial charge in [0.25, 0.3) is 0 Å². The van der Waals surface area contributed by atoms with E-state index in [1.807, 2.05) is 13.0 Å². The maximum absolute atomic E-state index is 12.4. The van der Waals surface area contributed by atoms with E-state index in [2.05, 4.69) is 15.5 Å². The van der Waals surface area contributed by atoms with Crippen molar-refractivity contribution in [1.29, 1.82) is 0 Å². The zero-order valence-corrected chi connectivity index (χ0v) is 13.2. The van der Waals surface area contributed by atoms with Crippen molar-refractivity contribution in [2.24, 2.45) is 7.05 Å². The minimum absolute atomic E-state index is 0.206. The molecule has 2 aromatic rings. The molecule has 0 aliphatic rings. The zero-order chi connectivity index (χ0) is 16.4. The van der Waals surface area contributed by atoms with Gasteiger partial charge in [0.15, 0.2) is 5.69 Å². The Bertz CT molecular complexity index is 716. The molecule has 118 valence electrons. The van der Waals surface area contributed by atoms with Gasteiger partial charge < -0.3 is 10.1 Å². The molecule has 0 saturated heterocycles. The number of nitrogens with zero attached hydrogens (tertiary/aromatic N) is 4. The minimum Gasteiger partial charge on any atom is -0.464 e. The predicted octanol–water partition coefficient (Wildman–Crippen LogP) is 1.22. The molecule has 2 rings (SSSR count). The van der Waals surface area contributed by atoms with Gasteiger partial charge in [0.05, 0.1) is 18.5 Å². The highest BCUT2D eigenvalue weighted by Gasteiger charge is 2.25. The summed E-state index contributed by atoms with van der Waals surface area (Å²) in [4.78, 5) is 24.3. The van der Waals surface area contributed by atoms with Crippen LogP contribution < -0.4 is 5.32 Å². The van der Waals surface area contributed by atoms with Gasteiger partial charge in [-0.2, -0.15) is 10.2 Å². The van der Waals surface area contributed by atoms with Gasteiger partial charge in [-0.25, -0.2) is 4.79 Å². The van der Waals surface area contributed by atoms with E-state index >= 15 is 0 Å². The Morgan fingerprint density at radius 2 is 2.05 bits per heavy atom. The molecule has 8 nitrogen and oxygen atoms in total. The molecule has 0 aliphatic carbocycles. The second kappa shape index (κ2) is 6.00. The highest BCUT2D eigenvalue weighted by molar-refractivity contribution is 6.01. The summed E-state index contributed by atoms with van der Waals surface area (Å²) >= 11 is 0. The lowest BCUT2D eigenvalue weighted by Crippen LogP contribution is -2.26. The second-order valence-electron chi connectivity index (χ2n) is 5.01. The molecule has 1 atom stereocenters. The Morgan fingerprint density at radius 1 is 1.36 bits per heavy atom. The van der Waals surface area contributed by atoms with Crippen molar-refractivity contribution in [3.63, 3.8) is 0 Å². The Balaban J connectivity index is 2.29. The van der Waals surface area contributed by atoms with Crippen molar-refractivity contribution < 1.29 is 14.3 Å². The number of rotatable bonds is 4. The van der Waals surface area contributed by atoms with Gasteiger partial charge in [0.2, 0.25) is 5.91 Å². The van der Waals surface area contributed by atoms with Crippen molar-refractivity contribution in [3.8, 4) is 0 Å². The van der Waals surface area contributed by atoms with E-state index in [1.54, 1.807) is 31.8 Å². The summed E-state index contributed by atoms with van der Waals surface area (Å²) in [6.45, 7) is 5.32.